The Morgan fingerprint density at radius 1 is 1.19 bits per heavy atom. The van der Waals surface area contributed by atoms with Gasteiger partial charge in [0.2, 0.25) is 0 Å². The van der Waals surface area contributed by atoms with Crippen molar-refractivity contribution in [3.05, 3.63) is 59.6 Å². The Morgan fingerprint density at radius 2 is 1.88 bits per heavy atom. The first-order chi connectivity index (χ1) is 12.4. The highest BCUT2D eigenvalue weighted by atomic mass is 127. The Morgan fingerprint density at radius 3 is 2.54 bits per heavy atom. The number of benzene rings is 2. The summed E-state index contributed by atoms with van der Waals surface area (Å²) in [7, 11) is 1.46. The van der Waals surface area contributed by atoms with E-state index in [1.807, 2.05) is 46.9 Å². The number of carbonyl (C=O) groups is 2. The molecule has 26 heavy (non-hydrogen) atoms. The van der Waals surface area contributed by atoms with Crippen molar-refractivity contribution in [1.29, 1.82) is 0 Å². The number of nitrogens with zero attached hydrogens (tertiary/aromatic N) is 1. The summed E-state index contributed by atoms with van der Waals surface area (Å²) in [6.45, 7) is 0.245. The lowest BCUT2D eigenvalue weighted by atomic mass is 10.1. The Kier molecular flexibility index (Phi) is 6.13. The smallest absolute Gasteiger partial charge is 0.293 e. The molecule has 1 aliphatic heterocycles. The van der Waals surface area contributed by atoms with Crippen LogP contribution >= 0.6 is 56.9 Å². The number of aromatic hydroxyl groups is 1. The molecular formula is C18H13I2NO4S. The van der Waals surface area contributed by atoms with Gasteiger partial charge in [0.15, 0.2) is 11.5 Å². The number of imide groups is 1. The van der Waals surface area contributed by atoms with Crippen molar-refractivity contribution >= 4 is 74.2 Å². The maximum atomic E-state index is 12.6. The molecule has 134 valence electrons. The van der Waals surface area contributed by atoms with Gasteiger partial charge in [-0.1, -0.05) is 12.1 Å². The maximum Gasteiger partial charge on any atom is 0.293 e. The third kappa shape index (κ3) is 4.17. The summed E-state index contributed by atoms with van der Waals surface area (Å²) in [5, 5.41) is 9.62. The normalized spacial score (nSPS) is 15.8. The molecule has 0 unspecified atom stereocenters. The zero-order chi connectivity index (χ0) is 18.8. The van der Waals surface area contributed by atoms with Crippen LogP contribution in [0.5, 0.6) is 11.5 Å². The number of carbonyl (C=O) groups excluding carboxylic acids is 2. The number of thioether (sulfide) groups is 1. The highest BCUT2D eigenvalue weighted by Gasteiger charge is 2.35. The zero-order valence-corrected chi connectivity index (χ0v) is 18.7. The van der Waals surface area contributed by atoms with E-state index in [0.29, 0.717) is 19.8 Å². The van der Waals surface area contributed by atoms with Crippen LogP contribution in [0.2, 0.25) is 0 Å². The first-order valence-corrected chi connectivity index (χ1v) is 10.4. The minimum Gasteiger partial charge on any atom is -0.504 e. The lowest BCUT2D eigenvalue weighted by molar-refractivity contribution is -0.123. The van der Waals surface area contributed by atoms with Crippen LogP contribution in [0.15, 0.2) is 41.3 Å². The number of rotatable bonds is 4. The Labute approximate surface area is 182 Å². The number of halogens is 2. The number of amides is 2. The third-order valence-corrected chi connectivity index (χ3v) is 6.14. The van der Waals surface area contributed by atoms with Crippen molar-refractivity contribution in [3.8, 4) is 11.5 Å². The molecule has 1 aliphatic rings. The lowest BCUT2D eigenvalue weighted by Gasteiger charge is -2.12. The number of hydrogen-bond acceptors (Lipinski definition) is 5. The first kappa shape index (κ1) is 19.5. The molecule has 2 aromatic carbocycles. The van der Waals surface area contributed by atoms with Gasteiger partial charge in [-0.25, -0.2) is 0 Å². The highest BCUT2D eigenvalue weighted by molar-refractivity contribution is 14.1. The second-order valence-electron chi connectivity index (χ2n) is 5.45. The van der Waals surface area contributed by atoms with Gasteiger partial charge in [-0.15, -0.1) is 0 Å². The van der Waals surface area contributed by atoms with Crippen LogP contribution in [0, 0.1) is 7.14 Å². The van der Waals surface area contributed by atoms with Gasteiger partial charge in [0.25, 0.3) is 11.1 Å². The average molecular weight is 593 g/mol. The molecule has 2 amide bonds. The quantitative estimate of drug-likeness (QED) is 0.406. The van der Waals surface area contributed by atoms with Crippen LogP contribution in [-0.2, 0) is 11.3 Å². The van der Waals surface area contributed by atoms with E-state index < -0.39 is 0 Å². The van der Waals surface area contributed by atoms with Crippen molar-refractivity contribution in [2.75, 3.05) is 7.11 Å². The first-order valence-electron chi connectivity index (χ1n) is 7.45. The summed E-state index contributed by atoms with van der Waals surface area (Å²) in [6, 6.07) is 11.0. The monoisotopic (exact) mass is 593 g/mol. The molecule has 1 saturated heterocycles. The van der Waals surface area contributed by atoms with Gasteiger partial charge in [0.05, 0.1) is 22.1 Å². The molecule has 0 radical (unpaired) electrons. The van der Waals surface area contributed by atoms with E-state index in [0.717, 1.165) is 20.9 Å². The number of methoxy groups -OCH3 is 1. The molecule has 3 rings (SSSR count). The third-order valence-electron chi connectivity index (χ3n) is 3.70. The summed E-state index contributed by atoms with van der Waals surface area (Å²) >= 11 is 5.11. The Balaban J connectivity index is 1.85. The minimum atomic E-state index is -0.319. The van der Waals surface area contributed by atoms with Gasteiger partial charge in [0.1, 0.15) is 0 Å². The molecule has 5 nitrogen and oxygen atoms in total. The van der Waals surface area contributed by atoms with Gasteiger partial charge in [-0.3, -0.25) is 14.5 Å². The molecule has 1 N–H and O–H groups in total. The summed E-state index contributed by atoms with van der Waals surface area (Å²) in [6.07, 6.45) is 1.64. The lowest BCUT2D eigenvalue weighted by Crippen LogP contribution is -2.27. The minimum absolute atomic E-state index is 0.0528. The number of ether oxygens (including phenoxy) is 1. The molecule has 0 spiro atoms. The Bertz CT molecular complexity index is 912. The molecule has 1 fully saturated rings. The largest absolute Gasteiger partial charge is 0.504 e. The van der Waals surface area contributed by atoms with Crippen LogP contribution in [0.25, 0.3) is 6.08 Å². The zero-order valence-electron chi connectivity index (χ0n) is 13.5. The van der Waals surface area contributed by atoms with Crippen molar-refractivity contribution in [2.45, 2.75) is 6.54 Å². The van der Waals surface area contributed by atoms with Crippen LogP contribution in [0.4, 0.5) is 4.79 Å². The molecule has 0 aliphatic carbocycles. The van der Waals surface area contributed by atoms with Crippen molar-refractivity contribution < 1.29 is 19.4 Å². The number of hydrogen-bond donors (Lipinski definition) is 1. The SMILES string of the molecule is COc1cc(/C=C2/SC(=O)N(Cc3ccc(I)cc3)C2=O)cc(I)c1O. The standard InChI is InChI=1S/C18H13I2NO4S/c1-25-14-7-11(6-13(20)16(14)22)8-15-17(23)21(18(24)26-15)9-10-2-4-12(19)5-3-10/h2-8,22H,9H2,1H3/b15-8+. The summed E-state index contributed by atoms with van der Waals surface area (Å²) in [5.74, 6) is 0.0546. The fraction of sp³-hybridized carbons (Fsp3) is 0.111. The van der Waals surface area contributed by atoms with Gasteiger partial charge < -0.3 is 9.84 Å². The number of phenolic OH excluding ortho intramolecular Hbond substituents is 1. The molecule has 0 atom stereocenters. The summed E-state index contributed by atoms with van der Waals surface area (Å²) in [5.41, 5.74) is 1.58. The molecule has 1 heterocycles. The molecule has 0 aromatic heterocycles. The maximum absolute atomic E-state index is 12.6. The van der Waals surface area contributed by atoms with Crippen LogP contribution in [0.1, 0.15) is 11.1 Å². The predicted octanol–water partition coefficient (Wildman–Crippen LogP) is 4.85. The summed E-state index contributed by atoms with van der Waals surface area (Å²) < 4.78 is 6.83. The fourth-order valence-corrected chi connectivity index (χ4v) is 4.22. The van der Waals surface area contributed by atoms with E-state index in [2.05, 4.69) is 22.6 Å². The average Bonchev–Trinajstić information content (AvgIpc) is 2.87. The van der Waals surface area contributed by atoms with Crippen molar-refractivity contribution in [1.82, 2.24) is 4.90 Å². The fourth-order valence-electron chi connectivity index (χ4n) is 2.39. The number of phenols is 1. The van der Waals surface area contributed by atoms with E-state index >= 15 is 0 Å². The van der Waals surface area contributed by atoms with Gasteiger partial charge in [-0.05, 0) is 98.4 Å². The van der Waals surface area contributed by atoms with Crippen LogP contribution < -0.4 is 4.74 Å². The molecule has 0 bridgehead atoms. The van der Waals surface area contributed by atoms with Crippen LogP contribution in [-0.4, -0.2) is 28.3 Å². The van der Waals surface area contributed by atoms with E-state index in [4.69, 9.17) is 4.74 Å². The molecule has 2 aromatic rings. The van der Waals surface area contributed by atoms with Crippen molar-refractivity contribution in [2.24, 2.45) is 0 Å². The molecule has 0 saturated carbocycles. The van der Waals surface area contributed by atoms with Crippen LogP contribution in [0.3, 0.4) is 0 Å². The second kappa shape index (κ2) is 8.17. The topological polar surface area (TPSA) is 66.8 Å². The highest BCUT2D eigenvalue weighted by Crippen LogP contribution is 2.36. The van der Waals surface area contributed by atoms with Gasteiger partial charge in [-0.2, -0.15) is 0 Å². The second-order valence-corrected chi connectivity index (χ2v) is 8.85. The van der Waals surface area contributed by atoms with E-state index in [1.54, 1.807) is 18.2 Å². The summed E-state index contributed by atoms with van der Waals surface area (Å²) in [4.78, 5) is 26.5. The van der Waals surface area contributed by atoms with E-state index in [9.17, 15) is 14.7 Å². The Hall–Kier alpha value is -1.27. The van der Waals surface area contributed by atoms with Gasteiger partial charge >= 0.3 is 0 Å². The van der Waals surface area contributed by atoms with E-state index in [-0.39, 0.29) is 23.4 Å². The van der Waals surface area contributed by atoms with E-state index in [1.165, 1.54) is 12.0 Å². The predicted molar refractivity (Wildman–Crippen MR) is 118 cm³/mol. The molecule has 8 heteroatoms. The van der Waals surface area contributed by atoms with Crippen molar-refractivity contribution in [3.63, 3.8) is 0 Å². The van der Waals surface area contributed by atoms with Gasteiger partial charge in [0, 0.05) is 3.57 Å². The molecular weight excluding hydrogens is 580 g/mol.